The fraction of sp³-hybridized carbons (Fsp3) is 0.923. The predicted molar refractivity (Wildman–Crippen MR) is 81.9 cm³/mol. The van der Waals surface area contributed by atoms with Gasteiger partial charge in [0.15, 0.2) is 0 Å². The van der Waals surface area contributed by atoms with Crippen LogP contribution in [0, 0.1) is 5.92 Å². The van der Waals surface area contributed by atoms with E-state index in [1.807, 2.05) is 16.7 Å². The molecule has 2 aliphatic rings. The van der Waals surface area contributed by atoms with Crippen molar-refractivity contribution in [2.24, 2.45) is 11.7 Å². The Morgan fingerprint density at radius 1 is 1.47 bits per heavy atom. The van der Waals surface area contributed by atoms with Crippen LogP contribution in [0.25, 0.3) is 0 Å². The van der Waals surface area contributed by atoms with Crippen molar-refractivity contribution in [2.75, 3.05) is 25.4 Å². The van der Waals surface area contributed by atoms with Crippen LogP contribution in [0.3, 0.4) is 0 Å². The third-order valence-electron chi connectivity index (χ3n) is 3.79. The molecule has 2 aliphatic heterocycles. The zero-order valence-electron chi connectivity index (χ0n) is 11.7. The first kappa shape index (κ1) is 17.1. The van der Waals surface area contributed by atoms with E-state index in [0.717, 1.165) is 31.7 Å². The van der Waals surface area contributed by atoms with E-state index in [1.165, 1.54) is 0 Å². The van der Waals surface area contributed by atoms with Crippen LogP contribution in [0.1, 0.15) is 26.7 Å². The number of thioether (sulfide) groups is 1. The minimum Gasteiger partial charge on any atom is -0.364 e. The Labute approximate surface area is 126 Å². The van der Waals surface area contributed by atoms with Crippen molar-refractivity contribution in [3.63, 3.8) is 0 Å². The molecule has 1 unspecified atom stereocenters. The van der Waals surface area contributed by atoms with Crippen molar-refractivity contribution in [1.29, 1.82) is 0 Å². The lowest BCUT2D eigenvalue weighted by Crippen LogP contribution is -2.47. The van der Waals surface area contributed by atoms with E-state index in [9.17, 15) is 4.79 Å². The molecule has 0 aromatic rings. The highest BCUT2D eigenvalue weighted by Crippen LogP contribution is 2.27. The van der Waals surface area contributed by atoms with Gasteiger partial charge in [-0.1, -0.05) is 13.8 Å². The highest BCUT2D eigenvalue weighted by molar-refractivity contribution is 8.00. The molecule has 0 aliphatic carbocycles. The molecule has 2 saturated heterocycles. The summed E-state index contributed by atoms with van der Waals surface area (Å²) < 4.78 is 5.70. The number of halogens is 1. The second-order valence-electron chi connectivity index (χ2n) is 5.50. The van der Waals surface area contributed by atoms with Crippen molar-refractivity contribution >= 4 is 30.1 Å². The van der Waals surface area contributed by atoms with Crippen LogP contribution in [0.5, 0.6) is 0 Å². The Morgan fingerprint density at radius 3 is 2.79 bits per heavy atom. The average molecular weight is 309 g/mol. The molecule has 0 spiro atoms. The van der Waals surface area contributed by atoms with Crippen LogP contribution in [-0.4, -0.2) is 53.7 Å². The molecular weight excluding hydrogens is 284 g/mol. The first-order valence-electron chi connectivity index (χ1n) is 6.87. The Balaban J connectivity index is 0.00000180. The first-order valence-corrected chi connectivity index (χ1v) is 7.92. The zero-order chi connectivity index (χ0) is 13.1. The molecular formula is C13H25ClN2O2S. The third kappa shape index (κ3) is 4.25. The molecule has 2 rings (SSSR count). The number of ether oxygens (including phenoxy) is 1. The number of hydrogen-bond donors (Lipinski definition) is 1. The van der Waals surface area contributed by atoms with Crippen molar-refractivity contribution in [3.8, 4) is 0 Å². The van der Waals surface area contributed by atoms with E-state index >= 15 is 0 Å². The van der Waals surface area contributed by atoms with E-state index in [4.69, 9.17) is 10.5 Å². The van der Waals surface area contributed by atoms with Gasteiger partial charge < -0.3 is 15.4 Å². The van der Waals surface area contributed by atoms with E-state index in [0.29, 0.717) is 17.7 Å². The number of rotatable bonds is 3. The number of nitrogens with two attached hydrogens (primary N) is 1. The first-order chi connectivity index (χ1) is 8.61. The molecule has 6 heteroatoms. The average Bonchev–Trinajstić information content (AvgIpc) is 2.86. The van der Waals surface area contributed by atoms with Crippen LogP contribution in [0.4, 0.5) is 0 Å². The maximum Gasteiger partial charge on any atom is 0.251 e. The van der Waals surface area contributed by atoms with Gasteiger partial charge in [-0.25, -0.2) is 0 Å². The van der Waals surface area contributed by atoms with Crippen LogP contribution in [-0.2, 0) is 9.53 Å². The van der Waals surface area contributed by atoms with E-state index < -0.39 is 0 Å². The summed E-state index contributed by atoms with van der Waals surface area (Å²) in [5.74, 6) is 1.84. The van der Waals surface area contributed by atoms with Crippen LogP contribution in [0.2, 0.25) is 0 Å². The third-order valence-corrected chi connectivity index (χ3v) is 5.33. The Hall–Kier alpha value is 0.0300. The summed E-state index contributed by atoms with van der Waals surface area (Å²) >= 11 is 1.99. The summed E-state index contributed by atoms with van der Waals surface area (Å²) in [6.07, 6.45) is 1.59. The van der Waals surface area contributed by atoms with Crippen LogP contribution < -0.4 is 5.73 Å². The van der Waals surface area contributed by atoms with Gasteiger partial charge in [-0.05, 0) is 18.8 Å². The van der Waals surface area contributed by atoms with Crippen molar-refractivity contribution in [1.82, 2.24) is 4.90 Å². The quantitative estimate of drug-likeness (QED) is 0.859. The summed E-state index contributed by atoms with van der Waals surface area (Å²) in [7, 11) is 0. The molecule has 1 amide bonds. The van der Waals surface area contributed by atoms with Crippen molar-refractivity contribution in [3.05, 3.63) is 0 Å². The van der Waals surface area contributed by atoms with Crippen molar-refractivity contribution < 1.29 is 9.53 Å². The summed E-state index contributed by atoms with van der Waals surface area (Å²) in [6.45, 7) is 6.70. The Kier molecular flexibility index (Phi) is 6.94. The van der Waals surface area contributed by atoms with Gasteiger partial charge in [-0.3, -0.25) is 4.79 Å². The second-order valence-corrected chi connectivity index (χ2v) is 6.84. The SMILES string of the molecule is CC(C)C1CN(C(=O)[C@@H]2CC[C@H](CN)O2)CCS1.Cl. The van der Waals surface area contributed by atoms with Gasteiger partial charge in [0.25, 0.3) is 5.91 Å². The van der Waals surface area contributed by atoms with Gasteiger partial charge in [-0.2, -0.15) is 11.8 Å². The van der Waals surface area contributed by atoms with Crippen LogP contribution >= 0.6 is 24.2 Å². The Bertz CT molecular complexity index is 304. The van der Waals surface area contributed by atoms with Gasteiger partial charge in [0.05, 0.1) is 6.10 Å². The number of carbonyl (C=O) groups is 1. The Morgan fingerprint density at radius 2 is 2.21 bits per heavy atom. The fourth-order valence-corrected chi connectivity index (χ4v) is 3.84. The molecule has 2 fully saturated rings. The molecule has 0 aromatic heterocycles. The lowest BCUT2D eigenvalue weighted by molar-refractivity contribution is -0.142. The number of carbonyl (C=O) groups excluding carboxylic acids is 1. The van der Waals surface area contributed by atoms with Gasteiger partial charge in [0.1, 0.15) is 6.10 Å². The number of amides is 1. The second kappa shape index (κ2) is 7.72. The number of nitrogens with zero attached hydrogens (tertiary/aromatic N) is 1. The molecule has 2 N–H and O–H groups in total. The van der Waals surface area contributed by atoms with Gasteiger partial charge in [0, 0.05) is 30.6 Å². The minimum atomic E-state index is -0.241. The molecule has 0 saturated carbocycles. The maximum absolute atomic E-state index is 12.4. The standard InChI is InChI=1S/C13H24N2O2S.ClH/c1-9(2)12-8-15(5-6-18-12)13(16)11-4-3-10(7-14)17-11;/h9-12H,3-8,14H2,1-2H3;1H/t10-,11+,12?;/m1./s1. The lowest BCUT2D eigenvalue weighted by atomic mass is 10.1. The zero-order valence-corrected chi connectivity index (χ0v) is 13.3. The number of hydrogen-bond acceptors (Lipinski definition) is 4. The van der Waals surface area contributed by atoms with Crippen molar-refractivity contribution in [2.45, 2.75) is 44.1 Å². The van der Waals surface area contributed by atoms with Crippen LogP contribution in [0.15, 0.2) is 0 Å². The topological polar surface area (TPSA) is 55.6 Å². The van der Waals surface area contributed by atoms with E-state index in [1.54, 1.807) is 0 Å². The van der Waals surface area contributed by atoms with Gasteiger partial charge >= 0.3 is 0 Å². The predicted octanol–water partition coefficient (Wildman–Crippen LogP) is 1.51. The monoisotopic (exact) mass is 308 g/mol. The summed E-state index contributed by atoms with van der Waals surface area (Å²) in [6, 6.07) is 0. The summed E-state index contributed by atoms with van der Waals surface area (Å²) in [4.78, 5) is 14.4. The molecule has 0 bridgehead atoms. The fourth-order valence-electron chi connectivity index (χ4n) is 2.54. The minimum absolute atomic E-state index is 0. The van der Waals surface area contributed by atoms with Gasteiger partial charge in [-0.15, -0.1) is 12.4 Å². The van der Waals surface area contributed by atoms with E-state index in [-0.39, 0.29) is 30.5 Å². The smallest absolute Gasteiger partial charge is 0.251 e. The molecule has 2 heterocycles. The summed E-state index contributed by atoms with van der Waals surface area (Å²) in [5.41, 5.74) is 5.58. The molecule has 4 nitrogen and oxygen atoms in total. The highest BCUT2D eigenvalue weighted by Gasteiger charge is 2.35. The highest BCUT2D eigenvalue weighted by atomic mass is 35.5. The molecule has 3 atom stereocenters. The molecule has 0 radical (unpaired) electrons. The molecule has 112 valence electrons. The normalized spacial score (nSPS) is 31.4. The van der Waals surface area contributed by atoms with Gasteiger partial charge in [0.2, 0.25) is 0 Å². The largest absolute Gasteiger partial charge is 0.364 e. The molecule has 0 aromatic carbocycles. The lowest BCUT2D eigenvalue weighted by Gasteiger charge is -2.35. The maximum atomic E-state index is 12.4. The summed E-state index contributed by atoms with van der Waals surface area (Å²) in [5, 5.41) is 0.564. The molecule has 19 heavy (non-hydrogen) atoms. The van der Waals surface area contributed by atoms with E-state index in [2.05, 4.69) is 13.8 Å².